The van der Waals surface area contributed by atoms with E-state index in [9.17, 15) is 9.59 Å². The molecule has 1 unspecified atom stereocenters. The van der Waals surface area contributed by atoms with Crippen molar-refractivity contribution in [1.29, 1.82) is 0 Å². The number of amides is 1. The van der Waals surface area contributed by atoms with E-state index in [0.717, 1.165) is 11.3 Å². The quantitative estimate of drug-likeness (QED) is 0.782. The van der Waals surface area contributed by atoms with Gasteiger partial charge in [0.1, 0.15) is 0 Å². The van der Waals surface area contributed by atoms with Crippen molar-refractivity contribution >= 4 is 23.6 Å². The van der Waals surface area contributed by atoms with E-state index in [1.165, 1.54) is 12.0 Å². The van der Waals surface area contributed by atoms with E-state index >= 15 is 0 Å². The minimum Gasteiger partial charge on any atom is -0.469 e. The smallest absolute Gasteiger partial charge is 0.305 e. The van der Waals surface area contributed by atoms with Crippen LogP contribution >= 0.6 is 11.8 Å². The molecule has 1 atom stereocenters. The van der Waals surface area contributed by atoms with Crippen molar-refractivity contribution in [2.45, 2.75) is 23.7 Å². The summed E-state index contributed by atoms with van der Waals surface area (Å²) in [6.07, 6.45) is 0.987. The molecule has 0 spiro atoms. The maximum absolute atomic E-state index is 12.4. The molecule has 0 N–H and O–H groups in total. The average molecular weight is 293 g/mol. The number of carbonyl (C=O) groups excluding carboxylic acids is 2. The Morgan fingerprint density at radius 2 is 2.15 bits per heavy atom. The second-order valence-corrected chi connectivity index (χ2v) is 5.90. The van der Waals surface area contributed by atoms with Crippen molar-refractivity contribution in [3.8, 4) is 0 Å². The van der Waals surface area contributed by atoms with Gasteiger partial charge in [0.15, 0.2) is 0 Å². The zero-order valence-corrected chi connectivity index (χ0v) is 12.6. The largest absolute Gasteiger partial charge is 0.469 e. The van der Waals surface area contributed by atoms with E-state index in [1.54, 1.807) is 23.7 Å². The number of likely N-dealkylation sites (N-methyl/N-ethyl adjacent to an activating group) is 1. The lowest BCUT2D eigenvalue weighted by Gasteiger charge is -2.21. The van der Waals surface area contributed by atoms with Crippen molar-refractivity contribution in [1.82, 2.24) is 4.90 Å². The Morgan fingerprint density at radius 1 is 1.40 bits per heavy atom. The maximum Gasteiger partial charge on any atom is 0.305 e. The maximum atomic E-state index is 12.4. The van der Waals surface area contributed by atoms with Gasteiger partial charge in [0.05, 0.1) is 13.0 Å². The summed E-state index contributed by atoms with van der Waals surface area (Å²) in [5.41, 5.74) is 1.13. The van der Waals surface area contributed by atoms with E-state index in [0.29, 0.717) is 19.4 Å². The number of carbonyl (C=O) groups is 2. The lowest BCUT2D eigenvalue weighted by molar-refractivity contribution is -0.141. The first-order valence-electron chi connectivity index (χ1n) is 6.67. The Labute approximate surface area is 123 Å². The summed E-state index contributed by atoms with van der Waals surface area (Å²) in [4.78, 5) is 26.4. The minimum absolute atomic E-state index is 0.0562. The van der Waals surface area contributed by atoms with Crippen LogP contribution in [0.25, 0.3) is 0 Å². The number of fused-ring (bicyclic) bond motifs is 1. The molecule has 0 fully saturated rings. The molecule has 2 rings (SSSR count). The number of thioether (sulfide) groups is 1. The second kappa shape index (κ2) is 6.79. The number of esters is 1. The van der Waals surface area contributed by atoms with E-state index < -0.39 is 0 Å². The van der Waals surface area contributed by atoms with Crippen LogP contribution in [0.5, 0.6) is 0 Å². The molecule has 0 saturated carbocycles. The number of benzene rings is 1. The molecule has 4 nitrogen and oxygen atoms in total. The molecule has 1 heterocycles. The van der Waals surface area contributed by atoms with Gasteiger partial charge in [0.25, 0.3) is 0 Å². The van der Waals surface area contributed by atoms with E-state index in [4.69, 9.17) is 0 Å². The number of nitrogens with zero attached hydrogens (tertiary/aromatic N) is 1. The number of rotatable bonds is 5. The Bertz CT molecular complexity index is 504. The molecular formula is C15H19NO3S. The van der Waals surface area contributed by atoms with Crippen molar-refractivity contribution < 1.29 is 14.3 Å². The van der Waals surface area contributed by atoms with Crippen LogP contribution in [0.1, 0.15) is 24.3 Å². The van der Waals surface area contributed by atoms with Crippen LogP contribution in [0.15, 0.2) is 29.2 Å². The lowest BCUT2D eigenvalue weighted by atomic mass is 10.00. The fraction of sp³-hybridized carbons (Fsp3) is 0.467. The minimum atomic E-state index is -0.229. The molecule has 0 bridgehead atoms. The summed E-state index contributed by atoms with van der Waals surface area (Å²) in [6, 6.07) is 8.06. The van der Waals surface area contributed by atoms with Crippen LogP contribution in [0.2, 0.25) is 0 Å². The fourth-order valence-corrected chi connectivity index (χ4v) is 3.53. The van der Waals surface area contributed by atoms with Gasteiger partial charge in [-0.25, -0.2) is 0 Å². The van der Waals surface area contributed by atoms with Gasteiger partial charge in [0.2, 0.25) is 5.91 Å². The zero-order chi connectivity index (χ0) is 14.5. The summed E-state index contributed by atoms with van der Waals surface area (Å²) in [7, 11) is 3.18. The van der Waals surface area contributed by atoms with E-state index in [1.807, 2.05) is 18.2 Å². The summed E-state index contributed by atoms with van der Waals surface area (Å²) in [6.45, 7) is 0.581. The third kappa shape index (κ3) is 3.33. The molecule has 1 amide bonds. The van der Waals surface area contributed by atoms with Gasteiger partial charge < -0.3 is 9.64 Å². The highest BCUT2D eigenvalue weighted by atomic mass is 32.2. The van der Waals surface area contributed by atoms with E-state index in [2.05, 4.69) is 10.8 Å². The molecule has 5 heteroatoms. The standard InChI is InChI=1S/C15H19NO3S/c1-16(9-5-8-14(17)19-2)15(18)12-10-20-13-7-4-3-6-11(12)13/h3-4,6-7,12H,5,8-10H2,1-2H3. The first-order chi connectivity index (χ1) is 9.63. The van der Waals surface area contributed by atoms with Gasteiger partial charge in [-0.2, -0.15) is 0 Å². The molecule has 1 aromatic carbocycles. The Kier molecular flexibility index (Phi) is 5.06. The molecule has 0 aliphatic carbocycles. The Morgan fingerprint density at radius 3 is 2.90 bits per heavy atom. The molecule has 108 valence electrons. The predicted molar refractivity (Wildman–Crippen MR) is 78.8 cm³/mol. The van der Waals surface area contributed by atoms with Crippen molar-refractivity contribution in [2.24, 2.45) is 0 Å². The van der Waals surface area contributed by atoms with Crippen LogP contribution in [0.4, 0.5) is 0 Å². The summed E-state index contributed by atoms with van der Waals surface area (Å²) < 4.78 is 4.59. The normalized spacial score (nSPS) is 16.6. The zero-order valence-electron chi connectivity index (χ0n) is 11.8. The number of methoxy groups -OCH3 is 1. The van der Waals surface area contributed by atoms with Gasteiger partial charge in [-0.3, -0.25) is 9.59 Å². The summed E-state index contributed by atoms with van der Waals surface area (Å²) in [5, 5.41) is 0. The lowest BCUT2D eigenvalue weighted by Crippen LogP contribution is -2.33. The summed E-state index contributed by atoms with van der Waals surface area (Å²) in [5.74, 6) is 0.652. The first kappa shape index (κ1) is 14.9. The van der Waals surface area contributed by atoms with Crippen LogP contribution < -0.4 is 0 Å². The monoisotopic (exact) mass is 293 g/mol. The third-order valence-electron chi connectivity index (χ3n) is 3.48. The molecule has 1 aromatic rings. The van der Waals surface area contributed by atoms with Crippen molar-refractivity contribution in [3.05, 3.63) is 29.8 Å². The van der Waals surface area contributed by atoms with Crippen LogP contribution in [0, 0.1) is 0 Å². The van der Waals surface area contributed by atoms with Crippen LogP contribution in [-0.2, 0) is 14.3 Å². The number of hydrogen-bond acceptors (Lipinski definition) is 4. The highest BCUT2D eigenvalue weighted by Crippen LogP contribution is 2.39. The average Bonchev–Trinajstić information content (AvgIpc) is 2.90. The highest BCUT2D eigenvalue weighted by Gasteiger charge is 2.30. The topological polar surface area (TPSA) is 46.6 Å². The Hall–Kier alpha value is -1.49. The summed E-state index contributed by atoms with van der Waals surface area (Å²) >= 11 is 1.73. The van der Waals surface area contributed by atoms with Gasteiger partial charge >= 0.3 is 5.97 Å². The van der Waals surface area contributed by atoms with Gasteiger partial charge in [0, 0.05) is 30.7 Å². The first-order valence-corrected chi connectivity index (χ1v) is 7.65. The molecule has 0 aromatic heterocycles. The third-order valence-corrected chi connectivity index (χ3v) is 4.66. The van der Waals surface area contributed by atoms with Crippen molar-refractivity contribution in [3.63, 3.8) is 0 Å². The molecule has 20 heavy (non-hydrogen) atoms. The Balaban J connectivity index is 1.90. The highest BCUT2D eigenvalue weighted by molar-refractivity contribution is 7.99. The van der Waals surface area contributed by atoms with Crippen molar-refractivity contribution in [2.75, 3.05) is 26.5 Å². The second-order valence-electron chi connectivity index (χ2n) is 4.84. The van der Waals surface area contributed by atoms with Gasteiger partial charge in [-0.15, -0.1) is 11.8 Å². The van der Waals surface area contributed by atoms with Crippen LogP contribution in [0.3, 0.4) is 0 Å². The molecule has 0 saturated heterocycles. The predicted octanol–water partition coefficient (Wildman–Crippen LogP) is 2.29. The molecular weight excluding hydrogens is 274 g/mol. The van der Waals surface area contributed by atoms with Gasteiger partial charge in [-0.1, -0.05) is 18.2 Å². The molecule has 1 aliphatic rings. The van der Waals surface area contributed by atoms with Crippen LogP contribution in [-0.4, -0.2) is 43.2 Å². The molecule has 1 aliphatic heterocycles. The number of hydrogen-bond donors (Lipinski definition) is 0. The SMILES string of the molecule is COC(=O)CCCN(C)C(=O)C1CSc2ccccc21. The van der Waals surface area contributed by atoms with Gasteiger partial charge in [-0.05, 0) is 18.1 Å². The fourth-order valence-electron chi connectivity index (χ4n) is 2.31. The number of ether oxygens (including phenoxy) is 1. The van der Waals surface area contributed by atoms with E-state index in [-0.39, 0.29) is 17.8 Å². The molecule has 0 radical (unpaired) electrons.